The van der Waals surface area contributed by atoms with E-state index in [2.05, 4.69) is 37.3 Å². The number of nitrogens with zero attached hydrogens (tertiary/aromatic N) is 2. The molecule has 2 heterocycles. The molecule has 0 radical (unpaired) electrons. The molecule has 178 valence electrons. The first-order valence-corrected chi connectivity index (χ1v) is 12.4. The van der Waals surface area contributed by atoms with E-state index >= 15 is 0 Å². The van der Waals surface area contributed by atoms with Crippen LogP contribution in [0.3, 0.4) is 0 Å². The van der Waals surface area contributed by atoms with E-state index in [1.54, 1.807) is 12.4 Å². The number of aryl methyl sites for hydroxylation is 1. The van der Waals surface area contributed by atoms with Crippen molar-refractivity contribution in [2.75, 3.05) is 6.54 Å². The van der Waals surface area contributed by atoms with Crippen molar-refractivity contribution in [3.05, 3.63) is 101 Å². The zero-order chi connectivity index (χ0) is 24.7. The number of H-pyrrole nitrogens is 2. The van der Waals surface area contributed by atoms with Crippen LogP contribution in [-0.4, -0.2) is 41.0 Å². The van der Waals surface area contributed by atoms with Crippen molar-refractivity contribution in [3.63, 3.8) is 0 Å². The van der Waals surface area contributed by atoms with Gasteiger partial charge in [-0.2, -0.15) is 5.10 Å². The minimum Gasteiger partial charge on any atom is -0.352 e. The van der Waals surface area contributed by atoms with E-state index in [-0.39, 0.29) is 27.7 Å². The largest absolute Gasteiger partial charge is 0.352 e. The molecule has 4 rings (SSSR count). The molecule has 2 aromatic heterocycles. The molecule has 0 saturated heterocycles. The number of hydrogen-bond donors (Lipinski definition) is 3. The van der Waals surface area contributed by atoms with Gasteiger partial charge < -0.3 is 10.3 Å². The van der Waals surface area contributed by atoms with Crippen LogP contribution in [-0.2, 0) is 22.0 Å². The third-order valence-electron chi connectivity index (χ3n) is 5.15. The lowest BCUT2D eigenvalue weighted by molar-refractivity contribution is 0.0953. The summed E-state index contributed by atoms with van der Waals surface area (Å²) < 4.78 is 39.4. The molecular weight excluding hydrogens is 469 g/mol. The number of halogens is 1. The Kier molecular flexibility index (Phi) is 7.38. The second-order valence-corrected chi connectivity index (χ2v) is 9.73. The fraction of sp³-hybridized carbons (Fsp3) is 0.160. The molecule has 8 nitrogen and oxygen atoms in total. The summed E-state index contributed by atoms with van der Waals surface area (Å²) in [7, 11) is -3.79. The van der Waals surface area contributed by atoms with Crippen molar-refractivity contribution in [2.45, 2.75) is 23.5 Å². The highest BCUT2D eigenvalue weighted by Gasteiger charge is 2.21. The van der Waals surface area contributed by atoms with Crippen LogP contribution >= 0.6 is 0 Å². The van der Waals surface area contributed by atoms with Crippen LogP contribution in [0.5, 0.6) is 0 Å². The summed E-state index contributed by atoms with van der Waals surface area (Å²) in [6, 6.07) is 9.85. The summed E-state index contributed by atoms with van der Waals surface area (Å²) in [4.78, 5) is 19.3. The van der Waals surface area contributed by atoms with Crippen LogP contribution in [0.15, 0.2) is 72.3 Å². The van der Waals surface area contributed by atoms with Crippen molar-refractivity contribution in [1.82, 2.24) is 25.5 Å². The zero-order valence-corrected chi connectivity index (χ0v) is 19.4. The van der Waals surface area contributed by atoms with Gasteiger partial charge in [0.2, 0.25) is 0 Å². The summed E-state index contributed by atoms with van der Waals surface area (Å²) in [6.45, 7) is 0.445. The molecule has 35 heavy (non-hydrogen) atoms. The third kappa shape index (κ3) is 6.43. The average molecular weight is 492 g/mol. The summed E-state index contributed by atoms with van der Waals surface area (Å²) >= 11 is 0. The number of nitrogens with one attached hydrogen (secondary N) is 3. The van der Waals surface area contributed by atoms with E-state index in [1.165, 1.54) is 55.0 Å². The van der Waals surface area contributed by atoms with Crippen LogP contribution in [0.1, 0.15) is 39.2 Å². The minimum atomic E-state index is -3.79. The third-order valence-corrected chi connectivity index (χ3v) is 6.86. The van der Waals surface area contributed by atoms with Gasteiger partial charge in [-0.05, 0) is 60.9 Å². The predicted octanol–water partition coefficient (Wildman–Crippen LogP) is 3.01. The molecule has 0 bridgehead atoms. The molecule has 0 fully saturated rings. The average Bonchev–Trinajstić information content (AvgIpc) is 3.55. The summed E-state index contributed by atoms with van der Waals surface area (Å²) in [5.41, 5.74) is 2.46. The van der Waals surface area contributed by atoms with Crippen molar-refractivity contribution >= 4 is 15.7 Å². The highest BCUT2D eigenvalue weighted by Crippen LogP contribution is 2.21. The monoisotopic (exact) mass is 491 g/mol. The van der Waals surface area contributed by atoms with Gasteiger partial charge in [0.05, 0.1) is 28.9 Å². The van der Waals surface area contributed by atoms with Gasteiger partial charge in [-0.3, -0.25) is 9.89 Å². The molecule has 3 N–H and O–H groups in total. The Morgan fingerprint density at radius 2 is 1.91 bits per heavy atom. The van der Waals surface area contributed by atoms with Gasteiger partial charge in [0.25, 0.3) is 5.91 Å². The number of benzene rings is 2. The number of carbonyl (C=O) groups excluding carboxylic acids is 1. The van der Waals surface area contributed by atoms with E-state index in [4.69, 9.17) is 0 Å². The van der Waals surface area contributed by atoms with Gasteiger partial charge in [0.1, 0.15) is 5.82 Å². The molecule has 0 saturated carbocycles. The quantitative estimate of drug-likeness (QED) is 0.259. The number of rotatable bonds is 8. The Labute approximate surface area is 201 Å². The second kappa shape index (κ2) is 10.8. The van der Waals surface area contributed by atoms with Gasteiger partial charge >= 0.3 is 0 Å². The van der Waals surface area contributed by atoms with Crippen LogP contribution < -0.4 is 5.32 Å². The Morgan fingerprint density at radius 1 is 1.09 bits per heavy atom. The second-order valence-electron chi connectivity index (χ2n) is 7.77. The SMILES string of the molecule is O=C(NCCCc1cn[nH]c1)c1ccc(S(=O)(=O)Cc2cnc[nH]2)c(C#Cc2ccc(F)cc2)c1. The fourth-order valence-electron chi connectivity index (χ4n) is 3.37. The molecule has 0 aliphatic heterocycles. The Bertz CT molecular complexity index is 1450. The van der Waals surface area contributed by atoms with Crippen LogP contribution in [0.25, 0.3) is 0 Å². The molecule has 0 aliphatic rings. The molecule has 0 atom stereocenters. The van der Waals surface area contributed by atoms with Crippen molar-refractivity contribution in [2.24, 2.45) is 0 Å². The molecule has 0 spiro atoms. The number of amides is 1. The standard InChI is InChI=1S/C25H22FN5O3S/c26-22-8-4-18(5-9-22)3-6-20-12-21(25(32)28-11-1-2-19-13-30-31-14-19)7-10-24(20)35(33,34)16-23-15-27-17-29-23/h4-5,7-10,12-15,17H,1-2,11,16H2,(H,27,29)(H,28,32)(H,30,31). The maximum absolute atomic E-state index is 13.2. The van der Waals surface area contributed by atoms with Gasteiger partial charge in [-0.1, -0.05) is 11.8 Å². The van der Waals surface area contributed by atoms with E-state index < -0.39 is 15.7 Å². The summed E-state index contributed by atoms with van der Waals surface area (Å²) in [5.74, 6) is 4.67. The lowest BCUT2D eigenvalue weighted by Gasteiger charge is -2.09. The molecule has 0 unspecified atom stereocenters. The van der Waals surface area contributed by atoms with Crippen LogP contribution in [0.4, 0.5) is 4.39 Å². The maximum Gasteiger partial charge on any atom is 0.251 e. The molecule has 4 aromatic rings. The van der Waals surface area contributed by atoms with E-state index in [9.17, 15) is 17.6 Å². The van der Waals surface area contributed by atoms with E-state index in [0.717, 1.165) is 18.4 Å². The highest BCUT2D eigenvalue weighted by atomic mass is 32.2. The van der Waals surface area contributed by atoms with Gasteiger partial charge in [-0.15, -0.1) is 0 Å². The smallest absolute Gasteiger partial charge is 0.251 e. The van der Waals surface area contributed by atoms with Crippen LogP contribution in [0, 0.1) is 17.7 Å². The number of carbonyl (C=O) groups is 1. The van der Waals surface area contributed by atoms with Gasteiger partial charge in [0.15, 0.2) is 9.84 Å². The number of sulfone groups is 1. The first-order chi connectivity index (χ1) is 16.9. The minimum absolute atomic E-state index is 0.00165. The van der Waals surface area contributed by atoms with E-state index in [1.807, 2.05) is 0 Å². The number of imidazole rings is 1. The molecule has 0 aliphatic carbocycles. The highest BCUT2D eigenvalue weighted by molar-refractivity contribution is 7.90. The Hall–Kier alpha value is -4.23. The molecule has 10 heteroatoms. The van der Waals surface area contributed by atoms with E-state index in [0.29, 0.717) is 17.8 Å². The molecular formula is C25H22FN5O3S. The molecule has 1 amide bonds. The normalized spacial score (nSPS) is 11.0. The van der Waals surface area contributed by atoms with Crippen molar-refractivity contribution in [3.8, 4) is 11.8 Å². The maximum atomic E-state index is 13.2. The van der Waals surface area contributed by atoms with Crippen LogP contribution in [0.2, 0.25) is 0 Å². The Morgan fingerprint density at radius 3 is 2.63 bits per heavy atom. The summed E-state index contributed by atoms with van der Waals surface area (Å²) in [5, 5.41) is 9.48. The molecule has 2 aromatic carbocycles. The zero-order valence-electron chi connectivity index (χ0n) is 18.6. The number of aromatic amines is 2. The predicted molar refractivity (Wildman–Crippen MR) is 128 cm³/mol. The summed E-state index contributed by atoms with van der Waals surface area (Å²) in [6.07, 6.45) is 7.86. The first-order valence-electron chi connectivity index (χ1n) is 10.8. The fourth-order valence-corrected chi connectivity index (χ4v) is 4.81. The lowest BCUT2D eigenvalue weighted by Crippen LogP contribution is -2.25. The van der Waals surface area contributed by atoms with Crippen molar-refractivity contribution < 1.29 is 17.6 Å². The number of aromatic nitrogens is 4. The lowest BCUT2D eigenvalue weighted by atomic mass is 10.1. The van der Waals surface area contributed by atoms with Gasteiger partial charge in [0, 0.05) is 35.6 Å². The Balaban J connectivity index is 1.57. The number of hydrogen-bond acceptors (Lipinski definition) is 5. The van der Waals surface area contributed by atoms with Gasteiger partial charge in [-0.25, -0.2) is 17.8 Å². The first kappa shape index (κ1) is 23.9. The topological polar surface area (TPSA) is 121 Å². The van der Waals surface area contributed by atoms with Crippen molar-refractivity contribution in [1.29, 1.82) is 0 Å².